The molecule has 0 heterocycles. The van der Waals surface area contributed by atoms with Gasteiger partial charge in [-0.2, -0.15) is 0 Å². The highest BCUT2D eigenvalue weighted by atomic mass is 16.5. The van der Waals surface area contributed by atoms with E-state index < -0.39 is 0 Å². The molecule has 0 aliphatic heterocycles. The van der Waals surface area contributed by atoms with Crippen molar-refractivity contribution in [1.29, 1.82) is 0 Å². The molecule has 1 rings (SSSR count). The molecule has 4 nitrogen and oxygen atoms in total. The van der Waals surface area contributed by atoms with Gasteiger partial charge in [-0.05, 0) is 32.0 Å². The predicted octanol–water partition coefficient (Wildman–Crippen LogP) is 1.88. The zero-order valence-electron chi connectivity index (χ0n) is 10.1. The van der Waals surface area contributed by atoms with Gasteiger partial charge >= 0.3 is 0 Å². The number of carbonyl (C=O) groups excluding carboxylic acids is 1. The molecule has 88 valence electrons. The summed E-state index contributed by atoms with van der Waals surface area (Å²) in [6.07, 6.45) is 0. The zero-order chi connectivity index (χ0) is 12.1. The molecule has 2 N–H and O–H groups in total. The van der Waals surface area contributed by atoms with Crippen molar-refractivity contribution < 1.29 is 9.53 Å². The molecule has 1 aromatic rings. The highest BCUT2D eigenvalue weighted by molar-refractivity contribution is 5.97. The maximum atomic E-state index is 11.6. The van der Waals surface area contributed by atoms with Gasteiger partial charge in [-0.15, -0.1) is 0 Å². The Morgan fingerprint density at radius 1 is 1.38 bits per heavy atom. The lowest BCUT2D eigenvalue weighted by Crippen LogP contribution is -2.19. The number of benzene rings is 1. The van der Waals surface area contributed by atoms with Crippen LogP contribution in [0.2, 0.25) is 0 Å². The molecule has 0 saturated heterocycles. The second-order valence-electron chi connectivity index (χ2n) is 3.79. The standard InChI is InChI=1S/C12H18N2O2/c1-8(2)14-9-5-6-11(16-4)10(7-9)12(15)13-3/h5-8,14H,1-4H3,(H,13,15). The van der Waals surface area contributed by atoms with Gasteiger partial charge in [-0.3, -0.25) is 4.79 Å². The van der Waals surface area contributed by atoms with E-state index in [1.807, 2.05) is 19.9 Å². The molecule has 0 unspecified atom stereocenters. The van der Waals surface area contributed by atoms with Crippen molar-refractivity contribution in [3.8, 4) is 5.75 Å². The number of anilines is 1. The van der Waals surface area contributed by atoms with Crippen LogP contribution in [0.3, 0.4) is 0 Å². The summed E-state index contributed by atoms with van der Waals surface area (Å²) in [7, 11) is 3.15. The van der Waals surface area contributed by atoms with E-state index in [1.54, 1.807) is 26.3 Å². The van der Waals surface area contributed by atoms with Crippen LogP contribution >= 0.6 is 0 Å². The number of nitrogens with one attached hydrogen (secondary N) is 2. The molecule has 1 aromatic carbocycles. The Morgan fingerprint density at radius 2 is 2.06 bits per heavy atom. The van der Waals surface area contributed by atoms with Gasteiger partial charge in [-0.25, -0.2) is 0 Å². The highest BCUT2D eigenvalue weighted by Crippen LogP contribution is 2.22. The summed E-state index contributed by atoms with van der Waals surface area (Å²) in [6, 6.07) is 5.80. The monoisotopic (exact) mass is 222 g/mol. The largest absolute Gasteiger partial charge is 0.496 e. The van der Waals surface area contributed by atoms with E-state index in [9.17, 15) is 4.79 Å². The van der Waals surface area contributed by atoms with Gasteiger partial charge in [0.2, 0.25) is 0 Å². The normalized spacial score (nSPS) is 10.1. The fraction of sp³-hybridized carbons (Fsp3) is 0.417. The first kappa shape index (κ1) is 12.4. The molecular formula is C12H18N2O2. The number of carbonyl (C=O) groups is 1. The molecular weight excluding hydrogens is 204 g/mol. The summed E-state index contributed by atoms with van der Waals surface area (Å²) in [4.78, 5) is 11.6. The summed E-state index contributed by atoms with van der Waals surface area (Å²) in [6.45, 7) is 4.09. The molecule has 0 spiro atoms. The number of hydrogen-bond donors (Lipinski definition) is 2. The van der Waals surface area contributed by atoms with E-state index in [2.05, 4.69) is 10.6 Å². The average Bonchev–Trinajstić information content (AvgIpc) is 2.27. The topological polar surface area (TPSA) is 50.4 Å². The van der Waals surface area contributed by atoms with Gasteiger partial charge in [0.05, 0.1) is 12.7 Å². The van der Waals surface area contributed by atoms with Gasteiger partial charge in [0, 0.05) is 18.8 Å². The zero-order valence-corrected chi connectivity index (χ0v) is 10.1. The maximum absolute atomic E-state index is 11.6. The molecule has 0 aliphatic carbocycles. The summed E-state index contributed by atoms with van der Waals surface area (Å²) < 4.78 is 5.14. The van der Waals surface area contributed by atoms with Crippen LogP contribution in [0.5, 0.6) is 5.75 Å². The van der Waals surface area contributed by atoms with Gasteiger partial charge in [-0.1, -0.05) is 0 Å². The summed E-state index contributed by atoms with van der Waals surface area (Å²) in [5.41, 5.74) is 1.45. The minimum atomic E-state index is -0.149. The van der Waals surface area contributed by atoms with Gasteiger partial charge in [0.25, 0.3) is 5.91 Å². The average molecular weight is 222 g/mol. The Bertz CT molecular complexity index is 375. The van der Waals surface area contributed by atoms with Crippen LogP contribution in [0.25, 0.3) is 0 Å². The van der Waals surface area contributed by atoms with E-state index in [1.165, 1.54) is 0 Å². The minimum Gasteiger partial charge on any atom is -0.496 e. The molecule has 0 saturated carbocycles. The van der Waals surface area contributed by atoms with Crippen molar-refractivity contribution in [2.75, 3.05) is 19.5 Å². The van der Waals surface area contributed by atoms with Crippen LogP contribution in [-0.4, -0.2) is 26.1 Å². The molecule has 0 atom stereocenters. The minimum absolute atomic E-state index is 0.149. The van der Waals surface area contributed by atoms with Crippen molar-refractivity contribution in [1.82, 2.24) is 5.32 Å². The Hall–Kier alpha value is -1.71. The first-order valence-electron chi connectivity index (χ1n) is 5.25. The van der Waals surface area contributed by atoms with Crippen LogP contribution in [-0.2, 0) is 0 Å². The van der Waals surface area contributed by atoms with E-state index in [0.29, 0.717) is 17.4 Å². The van der Waals surface area contributed by atoms with Crippen LogP contribution in [0.4, 0.5) is 5.69 Å². The number of amides is 1. The summed E-state index contributed by atoms with van der Waals surface area (Å²) in [5.74, 6) is 0.429. The van der Waals surface area contributed by atoms with E-state index >= 15 is 0 Å². The fourth-order valence-electron chi connectivity index (χ4n) is 1.44. The van der Waals surface area contributed by atoms with Crippen LogP contribution in [0, 0.1) is 0 Å². The second kappa shape index (κ2) is 5.39. The molecule has 16 heavy (non-hydrogen) atoms. The number of rotatable bonds is 4. The van der Waals surface area contributed by atoms with E-state index in [0.717, 1.165) is 5.69 Å². The van der Waals surface area contributed by atoms with Crippen molar-refractivity contribution >= 4 is 11.6 Å². The Labute approximate surface area is 96.0 Å². The van der Waals surface area contributed by atoms with Crippen molar-refractivity contribution in [2.24, 2.45) is 0 Å². The van der Waals surface area contributed by atoms with E-state index in [-0.39, 0.29) is 5.91 Å². The second-order valence-corrected chi connectivity index (χ2v) is 3.79. The predicted molar refractivity (Wildman–Crippen MR) is 65.1 cm³/mol. The van der Waals surface area contributed by atoms with Crippen LogP contribution in [0.15, 0.2) is 18.2 Å². The molecule has 0 aliphatic rings. The van der Waals surface area contributed by atoms with Gasteiger partial charge in [0.15, 0.2) is 0 Å². The molecule has 1 amide bonds. The maximum Gasteiger partial charge on any atom is 0.254 e. The first-order chi connectivity index (χ1) is 7.58. The van der Waals surface area contributed by atoms with Gasteiger partial charge < -0.3 is 15.4 Å². The Morgan fingerprint density at radius 3 is 2.56 bits per heavy atom. The number of methoxy groups -OCH3 is 1. The molecule has 0 aromatic heterocycles. The third kappa shape index (κ3) is 2.89. The van der Waals surface area contributed by atoms with Crippen LogP contribution < -0.4 is 15.4 Å². The molecule has 0 radical (unpaired) electrons. The van der Waals surface area contributed by atoms with Crippen molar-refractivity contribution in [3.05, 3.63) is 23.8 Å². The SMILES string of the molecule is CNC(=O)c1cc(NC(C)C)ccc1OC. The molecule has 4 heteroatoms. The number of hydrogen-bond acceptors (Lipinski definition) is 3. The van der Waals surface area contributed by atoms with Crippen molar-refractivity contribution in [2.45, 2.75) is 19.9 Å². The Balaban J connectivity index is 3.06. The first-order valence-corrected chi connectivity index (χ1v) is 5.25. The van der Waals surface area contributed by atoms with Crippen LogP contribution in [0.1, 0.15) is 24.2 Å². The molecule has 0 fully saturated rings. The quantitative estimate of drug-likeness (QED) is 0.817. The third-order valence-electron chi connectivity index (χ3n) is 2.13. The van der Waals surface area contributed by atoms with Gasteiger partial charge in [0.1, 0.15) is 5.75 Å². The van der Waals surface area contributed by atoms with Crippen molar-refractivity contribution in [3.63, 3.8) is 0 Å². The summed E-state index contributed by atoms with van der Waals surface area (Å²) in [5, 5.41) is 5.83. The van der Waals surface area contributed by atoms with E-state index in [4.69, 9.17) is 4.74 Å². The smallest absolute Gasteiger partial charge is 0.254 e. The number of ether oxygens (including phenoxy) is 1. The fourth-order valence-corrected chi connectivity index (χ4v) is 1.44. The third-order valence-corrected chi connectivity index (χ3v) is 2.13. The highest BCUT2D eigenvalue weighted by Gasteiger charge is 2.11. The lowest BCUT2D eigenvalue weighted by Gasteiger charge is -2.13. The Kier molecular flexibility index (Phi) is 4.17. The molecule has 0 bridgehead atoms. The summed E-state index contributed by atoms with van der Waals surface area (Å²) >= 11 is 0. The lowest BCUT2D eigenvalue weighted by atomic mass is 10.1. The lowest BCUT2D eigenvalue weighted by molar-refractivity contribution is 0.0960.